The molecule has 19 heavy (non-hydrogen) atoms. The lowest BCUT2D eigenvalue weighted by Gasteiger charge is -2.51. The van der Waals surface area contributed by atoms with Crippen LogP contribution >= 0.6 is 0 Å². The van der Waals surface area contributed by atoms with Crippen LogP contribution in [0.2, 0.25) is 0 Å². The minimum atomic E-state index is -1.20. The van der Waals surface area contributed by atoms with E-state index in [9.17, 15) is 14.4 Å². The molecule has 0 saturated heterocycles. The number of carbonyl (C=O) groups excluding carboxylic acids is 3. The molecule has 2 atom stereocenters. The Balaban J connectivity index is 3.42. The molecule has 0 radical (unpaired) electrons. The van der Waals surface area contributed by atoms with Gasteiger partial charge in [0, 0.05) is 11.3 Å². The molecule has 2 unspecified atom stereocenters. The van der Waals surface area contributed by atoms with Crippen molar-refractivity contribution in [3.05, 3.63) is 0 Å². The second kappa shape index (κ2) is 5.02. The number of nitrogens with zero attached hydrogens (tertiary/aromatic N) is 3. The zero-order valence-corrected chi connectivity index (χ0v) is 11.6. The molecule has 0 spiro atoms. The summed E-state index contributed by atoms with van der Waals surface area (Å²) in [7, 11) is 0. The van der Waals surface area contributed by atoms with Gasteiger partial charge in [0.15, 0.2) is 5.66 Å². The Morgan fingerprint density at radius 2 is 1.42 bits per heavy atom. The number of hydrogen-bond acceptors (Lipinski definition) is 6. The first kappa shape index (κ1) is 15.2. The van der Waals surface area contributed by atoms with Crippen molar-refractivity contribution in [2.24, 2.45) is 26.3 Å². The quantitative estimate of drug-likeness (QED) is 0.575. The van der Waals surface area contributed by atoms with Crippen LogP contribution in [-0.4, -0.2) is 29.4 Å². The summed E-state index contributed by atoms with van der Waals surface area (Å²) >= 11 is 0. The molecular formula is C13H17N3O3. The van der Waals surface area contributed by atoms with Gasteiger partial charge in [-0.3, -0.25) is 0 Å². The van der Waals surface area contributed by atoms with Crippen LogP contribution in [0.15, 0.2) is 15.0 Å². The van der Waals surface area contributed by atoms with Gasteiger partial charge < -0.3 is 0 Å². The maximum absolute atomic E-state index is 10.7. The van der Waals surface area contributed by atoms with Crippen molar-refractivity contribution >= 4 is 18.2 Å². The molecule has 1 fully saturated rings. The van der Waals surface area contributed by atoms with Crippen molar-refractivity contribution in [1.82, 2.24) is 0 Å². The highest BCUT2D eigenvalue weighted by Crippen LogP contribution is 2.54. The highest BCUT2D eigenvalue weighted by molar-refractivity contribution is 5.41. The van der Waals surface area contributed by atoms with Gasteiger partial charge in [0.05, 0.1) is 5.54 Å². The summed E-state index contributed by atoms with van der Waals surface area (Å²) in [6, 6.07) is 0. The molecule has 1 rings (SSSR count). The predicted octanol–water partition coefficient (Wildman–Crippen LogP) is 1.90. The van der Waals surface area contributed by atoms with Crippen molar-refractivity contribution in [3.8, 4) is 0 Å². The van der Waals surface area contributed by atoms with Gasteiger partial charge in [0.25, 0.3) is 0 Å². The van der Waals surface area contributed by atoms with Crippen molar-refractivity contribution in [3.63, 3.8) is 0 Å². The van der Waals surface area contributed by atoms with Crippen LogP contribution in [0.3, 0.4) is 0 Å². The minimum Gasteiger partial charge on any atom is -0.211 e. The van der Waals surface area contributed by atoms with E-state index < -0.39 is 16.6 Å². The molecule has 0 aromatic rings. The summed E-state index contributed by atoms with van der Waals surface area (Å²) < 4.78 is 0. The van der Waals surface area contributed by atoms with Crippen molar-refractivity contribution in [2.75, 3.05) is 0 Å². The topological polar surface area (TPSA) is 88.3 Å². The van der Waals surface area contributed by atoms with E-state index in [2.05, 4.69) is 15.0 Å². The lowest BCUT2D eigenvalue weighted by molar-refractivity contribution is 0.0165. The standard InChI is InChI=1S/C13H17N3O3/c1-10-5-12(4,14-7-17)6-11(2,3)13(10,15-8-18)16-9-19/h10H,5-6H2,1-4H3. The van der Waals surface area contributed by atoms with Gasteiger partial charge in [-0.1, -0.05) is 20.8 Å². The number of aliphatic imine (C=N–C) groups is 3. The zero-order valence-electron chi connectivity index (χ0n) is 11.6. The van der Waals surface area contributed by atoms with Gasteiger partial charge in [-0.05, 0) is 19.8 Å². The van der Waals surface area contributed by atoms with E-state index in [-0.39, 0.29) is 5.92 Å². The summed E-state index contributed by atoms with van der Waals surface area (Å²) in [4.78, 5) is 43.4. The van der Waals surface area contributed by atoms with Crippen LogP contribution in [0.25, 0.3) is 0 Å². The Labute approximate surface area is 111 Å². The van der Waals surface area contributed by atoms with Crippen LogP contribution in [0, 0.1) is 11.3 Å². The van der Waals surface area contributed by atoms with Crippen LogP contribution in [0.4, 0.5) is 0 Å². The molecule has 0 bridgehead atoms. The van der Waals surface area contributed by atoms with E-state index in [0.29, 0.717) is 12.8 Å². The van der Waals surface area contributed by atoms with E-state index in [4.69, 9.17) is 0 Å². The Morgan fingerprint density at radius 1 is 0.947 bits per heavy atom. The second-order valence-electron chi connectivity index (χ2n) is 6.00. The number of isocyanates is 3. The van der Waals surface area contributed by atoms with Gasteiger partial charge in [-0.15, -0.1) is 0 Å². The number of hydrogen-bond donors (Lipinski definition) is 0. The van der Waals surface area contributed by atoms with Crippen molar-refractivity contribution in [2.45, 2.75) is 51.7 Å². The molecule has 0 amide bonds. The normalized spacial score (nSPS) is 36.3. The Kier molecular flexibility index (Phi) is 4.02. The predicted molar refractivity (Wildman–Crippen MR) is 67.7 cm³/mol. The largest absolute Gasteiger partial charge is 0.237 e. The molecule has 0 aromatic heterocycles. The van der Waals surface area contributed by atoms with E-state index in [1.165, 1.54) is 12.2 Å². The van der Waals surface area contributed by atoms with Crippen LogP contribution in [0.1, 0.15) is 40.5 Å². The summed E-state index contributed by atoms with van der Waals surface area (Å²) in [6.07, 6.45) is 5.52. The first-order chi connectivity index (χ1) is 8.77. The van der Waals surface area contributed by atoms with Crippen LogP contribution in [0.5, 0.6) is 0 Å². The lowest BCUT2D eigenvalue weighted by atomic mass is 9.58. The molecule has 1 aliphatic carbocycles. The molecule has 102 valence electrons. The first-order valence-electron chi connectivity index (χ1n) is 6.04. The molecule has 1 aliphatic rings. The van der Waals surface area contributed by atoms with E-state index in [1.54, 1.807) is 6.08 Å². The summed E-state index contributed by atoms with van der Waals surface area (Å²) in [5.74, 6) is -0.249. The average Bonchev–Trinajstić information content (AvgIpc) is 2.25. The van der Waals surface area contributed by atoms with Crippen LogP contribution in [-0.2, 0) is 14.4 Å². The highest BCUT2D eigenvalue weighted by Gasteiger charge is 2.58. The molecule has 0 heterocycles. The van der Waals surface area contributed by atoms with Gasteiger partial charge in [0.1, 0.15) is 0 Å². The summed E-state index contributed by atoms with van der Waals surface area (Å²) in [6.45, 7) is 7.34. The summed E-state index contributed by atoms with van der Waals surface area (Å²) in [5.41, 5.74) is -2.42. The third-order valence-electron chi connectivity index (χ3n) is 4.00. The fourth-order valence-corrected chi connectivity index (χ4v) is 3.51. The molecule has 1 saturated carbocycles. The third kappa shape index (κ3) is 2.47. The smallest absolute Gasteiger partial charge is 0.211 e. The van der Waals surface area contributed by atoms with Gasteiger partial charge in [-0.2, -0.15) is 15.0 Å². The Bertz CT molecular complexity index is 491. The Hall–Kier alpha value is -1.86. The van der Waals surface area contributed by atoms with Gasteiger partial charge >= 0.3 is 0 Å². The van der Waals surface area contributed by atoms with Gasteiger partial charge in [0.2, 0.25) is 18.2 Å². The lowest BCUT2D eigenvalue weighted by Crippen LogP contribution is -2.56. The fourth-order valence-electron chi connectivity index (χ4n) is 3.51. The van der Waals surface area contributed by atoms with E-state index in [1.807, 2.05) is 27.7 Å². The minimum absolute atomic E-state index is 0.249. The third-order valence-corrected chi connectivity index (χ3v) is 4.00. The molecule has 0 aromatic carbocycles. The van der Waals surface area contributed by atoms with Crippen LogP contribution < -0.4 is 0 Å². The molecule has 0 N–H and O–H groups in total. The monoisotopic (exact) mass is 263 g/mol. The molecule has 6 heteroatoms. The zero-order chi connectivity index (χ0) is 14.7. The Morgan fingerprint density at radius 3 is 1.79 bits per heavy atom. The summed E-state index contributed by atoms with van der Waals surface area (Å²) in [5, 5.41) is 0. The van der Waals surface area contributed by atoms with Gasteiger partial charge in [-0.25, -0.2) is 14.4 Å². The molecular weight excluding hydrogens is 246 g/mol. The van der Waals surface area contributed by atoms with E-state index >= 15 is 0 Å². The maximum atomic E-state index is 10.7. The second-order valence-corrected chi connectivity index (χ2v) is 6.00. The highest BCUT2D eigenvalue weighted by atomic mass is 16.1. The molecule has 0 aliphatic heterocycles. The maximum Gasteiger partial charge on any atom is 0.237 e. The molecule has 6 nitrogen and oxygen atoms in total. The number of rotatable bonds is 3. The first-order valence-corrected chi connectivity index (χ1v) is 6.04. The fraction of sp³-hybridized carbons (Fsp3) is 0.769. The SMILES string of the molecule is CC1CC(C)(N=C=O)CC(C)(C)C1(N=C=O)N=C=O. The van der Waals surface area contributed by atoms with Crippen molar-refractivity contribution < 1.29 is 14.4 Å². The van der Waals surface area contributed by atoms with Crippen molar-refractivity contribution in [1.29, 1.82) is 0 Å². The average molecular weight is 263 g/mol. The van der Waals surface area contributed by atoms with E-state index in [0.717, 1.165) is 0 Å².